The SMILES string of the molecule is NC1CC(C(F)(F)F)CC=C1Br. The van der Waals surface area contributed by atoms with E-state index in [0.29, 0.717) is 4.48 Å². The van der Waals surface area contributed by atoms with Crippen LogP contribution < -0.4 is 5.73 Å². The van der Waals surface area contributed by atoms with Crippen molar-refractivity contribution in [3.63, 3.8) is 0 Å². The fourth-order valence-electron chi connectivity index (χ4n) is 1.19. The van der Waals surface area contributed by atoms with E-state index in [-0.39, 0.29) is 12.8 Å². The number of hydrogen-bond donors (Lipinski definition) is 1. The van der Waals surface area contributed by atoms with E-state index in [1.807, 2.05) is 0 Å². The minimum Gasteiger partial charge on any atom is -0.324 e. The van der Waals surface area contributed by atoms with Gasteiger partial charge in [-0.2, -0.15) is 13.2 Å². The summed E-state index contributed by atoms with van der Waals surface area (Å²) in [5.41, 5.74) is 5.45. The molecule has 1 rings (SSSR count). The molecule has 0 aromatic carbocycles. The fraction of sp³-hybridized carbons (Fsp3) is 0.714. The fourth-order valence-corrected chi connectivity index (χ4v) is 1.56. The number of nitrogens with two attached hydrogens (primary N) is 1. The maximum Gasteiger partial charge on any atom is 0.392 e. The Morgan fingerprint density at radius 1 is 1.50 bits per heavy atom. The van der Waals surface area contributed by atoms with E-state index >= 15 is 0 Å². The molecular formula is C7H9BrF3N. The first kappa shape index (κ1) is 10.1. The van der Waals surface area contributed by atoms with Gasteiger partial charge in [-0.15, -0.1) is 0 Å². The van der Waals surface area contributed by atoms with Crippen LogP contribution in [0.5, 0.6) is 0 Å². The summed E-state index contributed by atoms with van der Waals surface area (Å²) in [5, 5.41) is 0. The molecule has 0 fully saturated rings. The lowest BCUT2D eigenvalue weighted by Crippen LogP contribution is -2.34. The second-order valence-corrected chi connectivity index (χ2v) is 3.82. The van der Waals surface area contributed by atoms with E-state index in [0.717, 1.165) is 0 Å². The van der Waals surface area contributed by atoms with Crippen LogP contribution in [0.15, 0.2) is 10.6 Å². The highest BCUT2D eigenvalue weighted by atomic mass is 79.9. The van der Waals surface area contributed by atoms with Gasteiger partial charge in [0, 0.05) is 10.5 Å². The lowest BCUT2D eigenvalue weighted by molar-refractivity contribution is -0.176. The number of halogens is 4. The van der Waals surface area contributed by atoms with Crippen molar-refractivity contribution in [1.29, 1.82) is 0 Å². The maximum absolute atomic E-state index is 12.1. The van der Waals surface area contributed by atoms with Crippen molar-refractivity contribution in [2.45, 2.75) is 25.1 Å². The Morgan fingerprint density at radius 3 is 2.50 bits per heavy atom. The Balaban J connectivity index is 2.65. The van der Waals surface area contributed by atoms with Crippen LogP contribution in [0.4, 0.5) is 13.2 Å². The summed E-state index contributed by atoms with van der Waals surface area (Å²) in [6.45, 7) is 0. The number of hydrogen-bond acceptors (Lipinski definition) is 1. The zero-order valence-electron chi connectivity index (χ0n) is 6.24. The first-order chi connectivity index (χ1) is 5.41. The van der Waals surface area contributed by atoms with Gasteiger partial charge in [-0.25, -0.2) is 0 Å². The molecule has 12 heavy (non-hydrogen) atoms. The van der Waals surface area contributed by atoms with E-state index in [1.54, 1.807) is 0 Å². The van der Waals surface area contributed by atoms with Crippen LogP contribution >= 0.6 is 15.9 Å². The second kappa shape index (κ2) is 3.38. The van der Waals surface area contributed by atoms with Crippen LogP contribution in [-0.2, 0) is 0 Å². The van der Waals surface area contributed by atoms with E-state index in [2.05, 4.69) is 15.9 Å². The van der Waals surface area contributed by atoms with Gasteiger partial charge in [-0.3, -0.25) is 0 Å². The van der Waals surface area contributed by atoms with Gasteiger partial charge in [0.05, 0.1) is 5.92 Å². The summed E-state index contributed by atoms with van der Waals surface area (Å²) in [7, 11) is 0. The molecule has 0 heterocycles. The van der Waals surface area contributed by atoms with Crippen molar-refractivity contribution in [1.82, 2.24) is 0 Å². The molecule has 0 bridgehead atoms. The van der Waals surface area contributed by atoms with Gasteiger partial charge in [-0.05, 0) is 12.8 Å². The Kier molecular flexibility index (Phi) is 2.83. The molecule has 0 amide bonds. The highest BCUT2D eigenvalue weighted by Crippen LogP contribution is 2.37. The topological polar surface area (TPSA) is 26.0 Å². The number of alkyl halides is 3. The van der Waals surface area contributed by atoms with Crippen LogP contribution in [-0.4, -0.2) is 12.2 Å². The predicted molar refractivity (Wildman–Crippen MR) is 43.8 cm³/mol. The highest BCUT2D eigenvalue weighted by Gasteiger charge is 2.41. The Morgan fingerprint density at radius 2 is 2.08 bits per heavy atom. The zero-order chi connectivity index (χ0) is 9.35. The van der Waals surface area contributed by atoms with Gasteiger partial charge in [-0.1, -0.05) is 22.0 Å². The molecule has 0 radical (unpaired) electrons. The molecule has 2 N–H and O–H groups in total. The van der Waals surface area contributed by atoms with Crippen molar-refractivity contribution < 1.29 is 13.2 Å². The molecule has 2 atom stereocenters. The average molecular weight is 244 g/mol. The van der Waals surface area contributed by atoms with Crippen LogP contribution in [0.1, 0.15) is 12.8 Å². The van der Waals surface area contributed by atoms with Crippen LogP contribution in [0.3, 0.4) is 0 Å². The van der Waals surface area contributed by atoms with Crippen molar-refractivity contribution >= 4 is 15.9 Å². The minimum atomic E-state index is -4.11. The maximum atomic E-state index is 12.1. The smallest absolute Gasteiger partial charge is 0.324 e. The number of allylic oxidation sites excluding steroid dienone is 1. The van der Waals surface area contributed by atoms with Gasteiger partial charge in [0.2, 0.25) is 0 Å². The Labute approximate surface area is 76.9 Å². The largest absolute Gasteiger partial charge is 0.392 e. The standard InChI is InChI=1S/C7H9BrF3N/c8-5-2-1-4(3-6(5)12)7(9,10)11/h2,4,6H,1,3,12H2. The molecule has 70 valence electrons. The summed E-state index contributed by atoms with van der Waals surface area (Å²) in [6.07, 6.45) is -2.58. The highest BCUT2D eigenvalue weighted by molar-refractivity contribution is 9.11. The van der Waals surface area contributed by atoms with Crippen LogP contribution in [0, 0.1) is 5.92 Å². The molecule has 1 aliphatic rings. The minimum absolute atomic E-state index is 0.0133. The molecular weight excluding hydrogens is 235 g/mol. The van der Waals surface area contributed by atoms with Gasteiger partial charge in [0.1, 0.15) is 0 Å². The molecule has 0 spiro atoms. The van der Waals surface area contributed by atoms with Crippen LogP contribution in [0.25, 0.3) is 0 Å². The summed E-state index contributed by atoms with van der Waals surface area (Å²) in [5.74, 6) is -1.27. The zero-order valence-corrected chi connectivity index (χ0v) is 7.82. The van der Waals surface area contributed by atoms with Gasteiger partial charge in [0.25, 0.3) is 0 Å². The molecule has 0 aromatic rings. The normalized spacial score (nSPS) is 31.6. The average Bonchev–Trinajstić information content (AvgIpc) is 1.92. The quantitative estimate of drug-likeness (QED) is 0.696. The van der Waals surface area contributed by atoms with Crippen molar-refractivity contribution in [3.05, 3.63) is 10.6 Å². The van der Waals surface area contributed by atoms with E-state index in [1.165, 1.54) is 6.08 Å². The van der Waals surface area contributed by atoms with Crippen molar-refractivity contribution in [2.24, 2.45) is 11.7 Å². The monoisotopic (exact) mass is 243 g/mol. The second-order valence-electron chi connectivity index (χ2n) is 2.91. The molecule has 0 aromatic heterocycles. The van der Waals surface area contributed by atoms with E-state index < -0.39 is 18.1 Å². The predicted octanol–water partition coefficient (Wildman–Crippen LogP) is 2.56. The Bertz CT molecular complexity index is 199. The summed E-state index contributed by atoms with van der Waals surface area (Å²) < 4.78 is 37.1. The molecule has 5 heteroatoms. The van der Waals surface area contributed by atoms with Gasteiger partial charge < -0.3 is 5.73 Å². The molecule has 0 saturated heterocycles. The lowest BCUT2D eigenvalue weighted by Gasteiger charge is -2.26. The van der Waals surface area contributed by atoms with Crippen molar-refractivity contribution in [3.8, 4) is 0 Å². The van der Waals surface area contributed by atoms with Gasteiger partial charge in [0.15, 0.2) is 0 Å². The summed E-state index contributed by atoms with van der Waals surface area (Å²) >= 11 is 3.12. The summed E-state index contributed by atoms with van der Waals surface area (Å²) in [4.78, 5) is 0. The van der Waals surface area contributed by atoms with E-state index in [4.69, 9.17) is 5.73 Å². The van der Waals surface area contributed by atoms with Gasteiger partial charge >= 0.3 is 6.18 Å². The van der Waals surface area contributed by atoms with Crippen LogP contribution in [0.2, 0.25) is 0 Å². The third-order valence-corrected chi connectivity index (χ3v) is 2.86. The number of rotatable bonds is 0. The molecule has 0 saturated carbocycles. The molecule has 1 nitrogen and oxygen atoms in total. The first-order valence-electron chi connectivity index (χ1n) is 3.59. The van der Waals surface area contributed by atoms with E-state index in [9.17, 15) is 13.2 Å². The Hall–Kier alpha value is -0.0300. The van der Waals surface area contributed by atoms with Crippen molar-refractivity contribution in [2.75, 3.05) is 0 Å². The lowest BCUT2D eigenvalue weighted by atomic mass is 9.91. The molecule has 0 aliphatic heterocycles. The summed E-state index contributed by atoms with van der Waals surface area (Å²) in [6, 6.07) is -0.495. The molecule has 1 aliphatic carbocycles. The third kappa shape index (κ3) is 2.23. The molecule has 2 unspecified atom stereocenters. The first-order valence-corrected chi connectivity index (χ1v) is 4.38. The third-order valence-electron chi connectivity index (χ3n) is 1.95.